The fraction of sp³-hybridized carbons (Fsp3) is 0.600. The van der Waals surface area contributed by atoms with Gasteiger partial charge >= 0.3 is 0 Å². The lowest BCUT2D eigenvalue weighted by Gasteiger charge is -2.18. The van der Waals surface area contributed by atoms with E-state index in [9.17, 15) is 0 Å². The van der Waals surface area contributed by atoms with E-state index in [1.165, 1.54) is 0 Å². The van der Waals surface area contributed by atoms with Crippen molar-refractivity contribution >= 4 is 5.96 Å². The van der Waals surface area contributed by atoms with Crippen molar-refractivity contribution < 1.29 is 4.74 Å². The van der Waals surface area contributed by atoms with Crippen LogP contribution in [0, 0.1) is 0 Å². The quantitative estimate of drug-likeness (QED) is 0.399. The van der Waals surface area contributed by atoms with Gasteiger partial charge in [0, 0.05) is 46.6 Å². The number of likely N-dealkylation sites (N-methyl/N-ethyl adjacent to an activating group) is 1. The average molecular weight is 293 g/mol. The number of ether oxygens (including phenoxy) is 1. The van der Waals surface area contributed by atoms with Crippen molar-refractivity contribution in [2.75, 3.05) is 47.4 Å². The molecule has 0 aliphatic carbocycles. The molecule has 0 unspecified atom stereocenters. The molecule has 0 aliphatic rings. The van der Waals surface area contributed by atoms with E-state index in [-0.39, 0.29) is 0 Å². The Labute approximate surface area is 127 Å². The van der Waals surface area contributed by atoms with Crippen molar-refractivity contribution in [2.45, 2.75) is 13.0 Å². The predicted molar refractivity (Wildman–Crippen MR) is 86.4 cm³/mol. The highest BCUT2D eigenvalue weighted by atomic mass is 16.5. The Morgan fingerprint density at radius 3 is 2.86 bits per heavy atom. The van der Waals surface area contributed by atoms with Crippen molar-refractivity contribution in [3.05, 3.63) is 30.1 Å². The van der Waals surface area contributed by atoms with Gasteiger partial charge in [0.1, 0.15) is 0 Å². The lowest BCUT2D eigenvalue weighted by atomic mass is 10.3. The Bertz CT molecular complexity index is 396. The van der Waals surface area contributed by atoms with E-state index in [2.05, 4.69) is 32.6 Å². The third kappa shape index (κ3) is 8.27. The van der Waals surface area contributed by atoms with Gasteiger partial charge in [0.05, 0.1) is 12.2 Å². The summed E-state index contributed by atoms with van der Waals surface area (Å²) < 4.78 is 5.05. The molecule has 0 atom stereocenters. The van der Waals surface area contributed by atoms with Crippen LogP contribution in [0.4, 0.5) is 0 Å². The molecule has 2 N–H and O–H groups in total. The minimum Gasteiger partial charge on any atom is -0.385 e. The molecule has 0 bridgehead atoms. The predicted octanol–water partition coefficient (Wildman–Crippen LogP) is 0.715. The highest BCUT2D eigenvalue weighted by Gasteiger charge is 2.01. The van der Waals surface area contributed by atoms with Crippen LogP contribution in [-0.4, -0.2) is 63.3 Å². The summed E-state index contributed by atoms with van der Waals surface area (Å²) >= 11 is 0. The maximum atomic E-state index is 5.05. The van der Waals surface area contributed by atoms with Gasteiger partial charge < -0.3 is 20.3 Å². The molecule has 6 nitrogen and oxygen atoms in total. The van der Waals surface area contributed by atoms with E-state index in [4.69, 9.17) is 4.74 Å². The minimum atomic E-state index is 0.671. The van der Waals surface area contributed by atoms with Gasteiger partial charge in [-0.1, -0.05) is 6.07 Å². The zero-order valence-corrected chi connectivity index (χ0v) is 13.3. The number of guanidine groups is 1. The smallest absolute Gasteiger partial charge is 0.191 e. The first kappa shape index (κ1) is 17.4. The van der Waals surface area contributed by atoms with Gasteiger partial charge in [-0.3, -0.25) is 9.98 Å². The first-order valence-corrected chi connectivity index (χ1v) is 7.28. The number of hydrogen-bond acceptors (Lipinski definition) is 4. The molecule has 1 aromatic rings. The van der Waals surface area contributed by atoms with Crippen LogP contribution in [-0.2, 0) is 11.3 Å². The van der Waals surface area contributed by atoms with Crippen molar-refractivity contribution in [3.8, 4) is 0 Å². The highest BCUT2D eigenvalue weighted by Crippen LogP contribution is 1.91. The molecular weight excluding hydrogens is 266 g/mol. The van der Waals surface area contributed by atoms with Crippen LogP contribution < -0.4 is 10.6 Å². The van der Waals surface area contributed by atoms with Crippen molar-refractivity contribution in [3.63, 3.8) is 0 Å². The summed E-state index contributed by atoms with van der Waals surface area (Å²) in [6.07, 6.45) is 2.85. The molecule has 0 spiro atoms. The molecular formula is C15H27N5O. The summed E-state index contributed by atoms with van der Waals surface area (Å²) in [6, 6.07) is 5.88. The number of methoxy groups -OCH3 is 1. The largest absolute Gasteiger partial charge is 0.385 e. The van der Waals surface area contributed by atoms with Gasteiger partial charge in [-0.2, -0.15) is 0 Å². The number of aromatic nitrogens is 1. The number of hydrogen-bond donors (Lipinski definition) is 2. The minimum absolute atomic E-state index is 0.671. The van der Waals surface area contributed by atoms with Crippen LogP contribution in [0.5, 0.6) is 0 Å². The maximum absolute atomic E-state index is 5.05. The Morgan fingerprint density at radius 2 is 2.19 bits per heavy atom. The standard InChI is InChI=1S/C15H27N5O/c1-16-15(19-13-14-7-4-5-8-17-14)18-9-11-20(2)10-6-12-21-3/h4-5,7-8H,6,9-13H2,1-3H3,(H2,16,18,19). The molecule has 0 saturated heterocycles. The molecule has 118 valence electrons. The van der Waals surface area contributed by atoms with Crippen LogP contribution in [0.2, 0.25) is 0 Å². The van der Waals surface area contributed by atoms with E-state index in [1.807, 2.05) is 18.2 Å². The Kier molecular flexibility index (Phi) is 9.15. The zero-order chi connectivity index (χ0) is 15.3. The summed E-state index contributed by atoms with van der Waals surface area (Å²) in [5, 5.41) is 6.55. The molecule has 1 rings (SSSR count). The van der Waals surface area contributed by atoms with Gasteiger partial charge in [-0.15, -0.1) is 0 Å². The maximum Gasteiger partial charge on any atom is 0.191 e. The third-order valence-electron chi connectivity index (χ3n) is 3.06. The van der Waals surface area contributed by atoms with E-state index in [0.717, 1.165) is 44.3 Å². The highest BCUT2D eigenvalue weighted by molar-refractivity contribution is 5.79. The van der Waals surface area contributed by atoms with Gasteiger partial charge in [0.25, 0.3) is 0 Å². The molecule has 21 heavy (non-hydrogen) atoms. The van der Waals surface area contributed by atoms with Crippen LogP contribution in [0.25, 0.3) is 0 Å². The Hall–Kier alpha value is -1.66. The Morgan fingerprint density at radius 1 is 1.33 bits per heavy atom. The van der Waals surface area contributed by atoms with Gasteiger partial charge in [0.2, 0.25) is 0 Å². The first-order chi connectivity index (χ1) is 10.3. The second-order valence-electron chi connectivity index (χ2n) is 4.82. The molecule has 0 amide bonds. The van der Waals surface area contributed by atoms with E-state index >= 15 is 0 Å². The topological polar surface area (TPSA) is 61.8 Å². The van der Waals surface area contributed by atoms with Crippen LogP contribution in [0.3, 0.4) is 0 Å². The molecule has 0 aliphatic heterocycles. The lowest BCUT2D eigenvalue weighted by molar-refractivity contribution is 0.180. The van der Waals surface area contributed by atoms with Crippen molar-refractivity contribution in [1.29, 1.82) is 0 Å². The van der Waals surface area contributed by atoms with Crippen LogP contribution in [0.1, 0.15) is 12.1 Å². The van der Waals surface area contributed by atoms with Crippen molar-refractivity contribution in [2.24, 2.45) is 4.99 Å². The summed E-state index contributed by atoms with van der Waals surface area (Å²) in [5.41, 5.74) is 0.997. The number of aliphatic imine (C=N–C) groups is 1. The molecule has 1 heterocycles. The molecule has 0 fully saturated rings. The van der Waals surface area contributed by atoms with Crippen LogP contribution in [0.15, 0.2) is 29.4 Å². The second kappa shape index (κ2) is 11.0. The second-order valence-corrected chi connectivity index (χ2v) is 4.82. The lowest BCUT2D eigenvalue weighted by Crippen LogP contribution is -2.40. The number of rotatable bonds is 9. The van der Waals surface area contributed by atoms with E-state index in [1.54, 1.807) is 20.4 Å². The number of nitrogens with zero attached hydrogens (tertiary/aromatic N) is 3. The van der Waals surface area contributed by atoms with E-state index in [0.29, 0.717) is 6.54 Å². The molecule has 0 radical (unpaired) electrons. The number of nitrogens with one attached hydrogen (secondary N) is 2. The normalized spacial score (nSPS) is 11.7. The molecule has 1 aromatic heterocycles. The zero-order valence-electron chi connectivity index (χ0n) is 13.3. The Balaban J connectivity index is 2.17. The van der Waals surface area contributed by atoms with Gasteiger partial charge in [0.15, 0.2) is 5.96 Å². The fourth-order valence-corrected chi connectivity index (χ4v) is 1.85. The molecule has 0 saturated carbocycles. The summed E-state index contributed by atoms with van der Waals surface area (Å²) in [5.74, 6) is 0.797. The summed E-state index contributed by atoms with van der Waals surface area (Å²) in [7, 11) is 5.62. The monoisotopic (exact) mass is 293 g/mol. The number of pyridine rings is 1. The average Bonchev–Trinajstić information content (AvgIpc) is 2.52. The summed E-state index contributed by atoms with van der Waals surface area (Å²) in [6.45, 7) is 4.34. The fourth-order valence-electron chi connectivity index (χ4n) is 1.85. The SMILES string of the molecule is CN=C(NCCN(C)CCCOC)NCc1ccccn1. The van der Waals surface area contributed by atoms with Gasteiger partial charge in [-0.05, 0) is 25.6 Å². The van der Waals surface area contributed by atoms with Gasteiger partial charge in [-0.25, -0.2) is 0 Å². The first-order valence-electron chi connectivity index (χ1n) is 7.28. The third-order valence-corrected chi connectivity index (χ3v) is 3.06. The molecule has 0 aromatic carbocycles. The summed E-state index contributed by atoms with van der Waals surface area (Å²) in [4.78, 5) is 10.7. The van der Waals surface area contributed by atoms with E-state index < -0.39 is 0 Å². The van der Waals surface area contributed by atoms with Crippen LogP contribution >= 0.6 is 0 Å². The van der Waals surface area contributed by atoms with Crippen molar-refractivity contribution in [1.82, 2.24) is 20.5 Å². The molecule has 6 heteroatoms.